The Morgan fingerprint density at radius 3 is 2.41 bits per heavy atom. The molecule has 4 N–H and O–H groups in total. The number of hydrogen-bond acceptors (Lipinski definition) is 5. The van der Waals surface area contributed by atoms with Gasteiger partial charge in [-0.3, -0.25) is 19.2 Å². The molecule has 1 aromatic rings. The average molecular weight is 382 g/mol. The van der Waals surface area contributed by atoms with E-state index >= 15 is 0 Å². The molecule has 0 aliphatic carbocycles. The summed E-state index contributed by atoms with van der Waals surface area (Å²) in [6.07, 6.45) is 1.27. The molecule has 1 aromatic heterocycles. The van der Waals surface area contributed by atoms with E-state index in [4.69, 9.17) is 5.11 Å². The SMILES string of the molecule is Cc1cc(=O)c(O)c(CNC(=O)CCC(CCCCC(=O)O)C(=O)O)n1C. The Balaban J connectivity index is 2.53. The van der Waals surface area contributed by atoms with Gasteiger partial charge in [-0.2, -0.15) is 0 Å². The Morgan fingerprint density at radius 1 is 1.15 bits per heavy atom. The molecule has 0 saturated heterocycles. The first-order chi connectivity index (χ1) is 12.6. The van der Waals surface area contributed by atoms with Crippen LogP contribution in [-0.4, -0.2) is 37.7 Å². The number of carbonyl (C=O) groups is 3. The van der Waals surface area contributed by atoms with Crippen LogP contribution in [0.5, 0.6) is 5.75 Å². The Morgan fingerprint density at radius 2 is 1.81 bits per heavy atom. The molecule has 0 bridgehead atoms. The van der Waals surface area contributed by atoms with Gasteiger partial charge in [-0.1, -0.05) is 6.42 Å². The van der Waals surface area contributed by atoms with Crippen molar-refractivity contribution in [3.05, 3.63) is 27.7 Å². The number of aliphatic carboxylic acids is 2. The van der Waals surface area contributed by atoms with Crippen LogP contribution < -0.4 is 10.7 Å². The third-order valence-electron chi connectivity index (χ3n) is 4.50. The average Bonchev–Trinajstić information content (AvgIpc) is 2.58. The summed E-state index contributed by atoms with van der Waals surface area (Å²) in [5, 5.41) is 30.2. The van der Waals surface area contributed by atoms with Crippen LogP contribution in [0.2, 0.25) is 0 Å². The van der Waals surface area contributed by atoms with Crippen molar-refractivity contribution in [3.63, 3.8) is 0 Å². The molecule has 1 atom stereocenters. The molecule has 0 radical (unpaired) electrons. The molecule has 150 valence electrons. The summed E-state index contributed by atoms with van der Waals surface area (Å²) in [5.41, 5.74) is 0.383. The van der Waals surface area contributed by atoms with Crippen molar-refractivity contribution in [1.82, 2.24) is 9.88 Å². The third kappa shape index (κ3) is 7.12. The molecule has 27 heavy (non-hydrogen) atoms. The molecular weight excluding hydrogens is 356 g/mol. The number of pyridine rings is 1. The standard InChI is InChI=1S/C18H26N2O7/c1-11-9-14(21)17(25)13(20(11)2)10-19-15(22)8-7-12(18(26)27)5-3-4-6-16(23)24/h9,12,25H,3-8,10H2,1-2H3,(H,19,22)(H,23,24)(H,26,27). The Hall–Kier alpha value is -2.84. The van der Waals surface area contributed by atoms with Crippen LogP contribution in [0.1, 0.15) is 49.9 Å². The maximum absolute atomic E-state index is 12.0. The van der Waals surface area contributed by atoms with E-state index in [-0.39, 0.29) is 37.4 Å². The number of nitrogens with zero attached hydrogens (tertiary/aromatic N) is 1. The van der Waals surface area contributed by atoms with E-state index in [0.717, 1.165) is 0 Å². The first kappa shape index (κ1) is 22.2. The number of aromatic nitrogens is 1. The van der Waals surface area contributed by atoms with E-state index in [1.54, 1.807) is 18.5 Å². The molecule has 0 aliphatic rings. The molecule has 0 fully saturated rings. The predicted octanol–water partition coefficient (Wildman–Crippen LogP) is 1.14. The summed E-state index contributed by atoms with van der Waals surface area (Å²) in [6, 6.07) is 1.29. The number of unbranched alkanes of at least 4 members (excludes halogenated alkanes) is 1. The van der Waals surface area contributed by atoms with E-state index < -0.39 is 29.0 Å². The van der Waals surface area contributed by atoms with E-state index in [0.29, 0.717) is 25.0 Å². The molecule has 1 heterocycles. The summed E-state index contributed by atoms with van der Waals surface area (Å²) in [6.45, 7) is 1.66. The van der Waals surface area contributed by atoms with Gasteiger partial charge in [-0.15, -0.1) is 0 Å². The van der Waals surface area contributed by atoms with Gasteiger partial charge in [0.05, 0.1) is 18.2 Å². The highest BCUT2D eigenvalue weighted by Gasteiger charge is 2.19. The van der Waals surface area contributed by atoms with Gasteiger partial charge in [-0.25, -0.2) is 0 Å². The van der Waals surface area contributed by atoms with Gasteiger partial charge in [0, 0.05) is 31.6 Å². The van der Waals surface area contributed by atoms with Gasteiger partial charge in [0.1, 0.15) is 0 Å². The van der Waals surface area contributed by atoms with E-state index in [2.05, 4.69) is 5.32 Å². The summed E-state index contributed by atoms with van der Waals surface area (Å²) in [5.74, 6) is -3.47. The summed E-state index contributed by atoms with van der Waals surface area (Å²) >= 11 is 0. The van der Waals surface area contributed by atoms with Crippen molar-refractivity contribution < 1.29 is 29.7 Å². The first-order valence-electron chi connectivity index (χ1n) is 8.73. The summed E-state index contributed by atoms with van der Waals surface area (Å²) in [4.78, 5) is 45.4. The Labute approximate surface area is 156 Å². The van der Waals surface area contributed by atoms with Gasteiger partial charge in [0.2, 0.25) is 11.3 Å². The molecule has 9 heteroatoms. The fraction of sp³-hybridized carbons (Fsp3) is 0.556. The number of nitrogens with one attached hydrogen (secondary N) is 1. The van der Waals surface area contributed by atoms with Crippen molar-refractivity contribution in [2.45, 2.75) is 52.0 Å². The van der Waals surface area contributed by atoms with Crippen LogP contribution in [-0.2, 0) is 28.0 Å². The second-order valence-corrected chi connectivity index (χ2v) is 6.49. The second-order valence-electron chi connectivity index (χ2n) is 6.49. The lowest BCUT2D eigenvalue weighted by Gasteiger charge is -2.15. The minimum absolute atomic E-state index is 0.00840. The second kappa shape index (κ2) is 10.3. The monoisotopic (exact) mass is 382 g/mol. The molecule has 0 saturated carbocycles. The molecule has 0 aliphatic heterocycles. The topological polar surface area (TPSA) is 146 Å². The number of aromatic hydroxyl groups is 1. The maximum Gasteiger partial charge on any atom is 0.306 e. The molecule has 0 aromatic carbocycles. The quantitative estimate of drug-likeness (QED) is 0.420. The molecular formula is C18H26N2O7. The largest absolute Gasteiger partial charge is 0.503 e. The van der Waals surface area contributed by atoms with Crippen molar-refractivity contribution in [3.8, 4) is 5.75 Å². The third-order valence-corrected chi connectivity index (χ3v) is 4.50. The molecule has 1 amide bonds. The van der Waals surface area contributed by atoms with Crippen molar-refractivity contribution in [2.75, 3.05) is 0 Å². The Bertz CT molecular complexity index is 755. The molecule has 1 rings (SSSR count). The number of carbonyl (C=O) groups excluding carboxylic acids is 1. The summed E-state index contributed by atoms with van der Waals surface area (Å²) in [7, 11) is 1.66. The Kier molecular flexibility index (Phi) is 8.50. The number of carboxylic acid groups (broad SMARTS) is 2. The lowest BCUT2D eigenvalue weighted by Crippen LogP contribution is -2.27. The minimum Gasteiger partial charge on any atom is -0.503 e. The van der Waals surface area contributed by atoms with Crippen molar-refractivity contribution in [2.24, 2.45) is 13.0 Å². The highest BCUT2D eigenvalue weighted by atomic mass is 16.4. The van der Waals surface area contributed by atoms with Gasteiger partial charge in [0.25, 0.3) is 0 Å². The van der Waals surface area contributed by atoms with Crippen LogP contribution in [0.4, 0.5) is 0 Å². The lowest BCUT2D eigenvalue weighted by atomic mass is 9.96. The molecule has 1 unspecified atom stereocenters. The van der Waals surface area contributed by atoms with Gasteiger partial charge in [-0.05, 0) is 26.2 Å². The van der Waals surface area contributed by atoms with E-state index in [1.807, 2.05) is 0 Å². The van der Waals surface area contributed by atoms with Crippen LogP contribution >= 0.6 is 0 Å². The van der Waals surface area contributed by atoms with Gasteiger partial charge >= 0.3 is 11.9 Å². The zero-order valence-electron chi connectivity index (χ0n) is 15.5. The zero-order chi connectivity index (χ0) is 20.6. The lowest BCUT2D eigenvalue weighted by molar-refractivity contribution is -0.142. The van der Waals surface area contributed by atoms with Crippen LogP contribution in [0.3, 0.4) is 0 Å². The fourth-order valence-corrected chi connectivity index (χ4v) is 2.71. The fourth-order valence-electron chi connectivity index (χ4n) is 2.71. The molecule has 9 nitrogen and oxygen atoms in total. The smallest absolute Gasteiger partial charge is 0.306 e. The maximum atomic E-state index is 12.0. The van der Waals surface area contributed by atoms with Crippen molar-refractivity contribution >= 4 is 17.8 Å². The van der Waals surface area contributed by atoms with Crippen LogP contribution in [0, 0.1) is 12.8 Å². The predicted molar refractivity (Wildman–Crippen MR) is 96.4 cm³/mol. The normalized spacial score (nSPS) is 11.8. The minimum atomic E-state index is -1.02. The number of aryl methyl sites for hydroxylation is 1. The van der Waals surface area contributed by atoms with E-state index in [1.165, 1.54) is 6.07 Å². The van der Waals surface area contributed by atoms with Gasteiger partial charge < -0.3 is 25.2 Å². The zero-order valence-corrected chi connectivity index (χ0v) is 15.5. The first-order valence-corrected chi connectivity index (χ1v) is 8.73. The molecule has 0 spiro atoms. The summed E-state index contributed by atoms with van der Waals surface area (Å²) < 4.78 is 1.60. The van der Waals surface area contributed by atoms with Gasteiger partial charge in [0.15, 0.2) is 5.75 Å². The number of amides is 1. The number of carboxylic acids is 2. The highest BCUT2D eigenvalue weighted by Crippen LogP contribution is 2.17. The van der Waals surface area contributed by atoms with E-state index in [9.17, 15) is 29.4 Å². The number of rotatable bonds is 11. The van der Waals surface area contributed by atoms with Crippen LogP contribution in [0.25, 0.3) is 0 Å². The van der Waals surface area contributed by atoms with Crippen molar-refractivity contribution in [1.29, 1.82) is 0 Å². The number of hydrogen-bond donors (Lipinski definition) is 4. The highest BCUT2D eigenvalue weighted by molar-refractivity contribution is 5.77. The van der Waals surface area contributed by atoms with Crippen LogP contribution in [0.15, 0.2) is 10.9 Å².